The van der Waals surface area contributed by atoms with Gasteiger partial charge in [0.2, 0.25) is 0 Å². The quantitative estimate of drug-likeness (QED) is 0.947. The molecule has 114 valence electrons. The van der Waals surface area contributed by atoms with Crippen molar-refractivity contribution in [1.82, 2.24) is 0 Å². The molecule has 0 aromatic heterocycles. The Morgan fingerprint density at radius 1 is 1.00 bits per heavy atom. The maximum Gasteiger partial charge on any atom is 0.255 e. The molecule has 0 radical (unpaired) electrons. The van der Waals surface area contributed by atoms with E-state index in [4.69, 9.17) is 4.74 Å². The van der Waals surface area contributed by atoms with E-state index in [1.54, 1.807) is 12.1 Å². The average Bonchev–Trinajstić information content (AvgIpc) is 2.58. The summed E-state index contributed by atoms with van der Waals surface area (Å²) in [7, 11) is 0. The molecule has 5 heteroatoms. The van der Waals surface area contributed by atoms with Crippen molar-refractivity contribution in [3.05, 3.63) is 59.9 Å². The molecule has 22 heavy (non-hydrogen) atoms. The molecule has 0 saturated carbocycles. The fourth-order valence-electron chi connectivity index (χ4n) is 2.38. The van der Waals surface area contributed by atoms with E-state index in [-0.39, 0.29) is 11.7 Å². The molecule has 1 heterocycles. The van der Waals surface area contributed by atoms with Gasteiger partial charge >= 0.3 is 0 Å². The highest BCUT2D eigenvalue weighted by Crippen LogP contribution is 2.17. The number of carbonyl (C=O) groups excluding carboxylic acids is 1. The lowest BCUT2D eigenvalue weighted by molar-refractivity contribution is 0.102. The van der Waals surface area contributed by atoms with Gasteiger partial charge in [0.1, 0.15) is 5.82 Å². The highest BCUT2D eigenvalue weighted by Gasteiger charge is 2.12. The predicted octanol–water partition coefficient (Wildman–Crippen LogP) is 2.91. The van der Waals surface area contributed by atoms with Gasteiger partial charge in [-0.15, -0.1) is 0 Å². The molecule has 1 fully saturated rings. The normalized spacial score (nSPS) is 14.7. The van der Waals surface area contributed by atoms with Crippen LogP contribution >= 0.6 is 0 Å². The maximum absolute atomic E-state index is 12.8. The smallest absolute Gasteiger partial charge is 0.255 e. The molecule has 1 amide bonds. The molecule has 1 N–H and O–H groups in total. The number of nitrogens with zero attached hydrogens (tertiary/aromatic N) is 1. The molecule has 1 aliphatic rings. The summed E-state index contributed by atoms with van der Waals surface area (Å²) in [4.78, 5) is 14.4. The minimum Gasteiger partial charge on any atom is -0.378 e. The van der Waals surface area contributed by atoms with Crippen LogP contribution in [0.4, 0.5) is 15.8 Å². The first-order valence-corrected chi connectivity index (χ1v) is 7.22. The van der Waals surface area contributed by atoms with E-state index in [1.807, 2.05) is 12.1 Å². The van der Waals surface area contributed by atoms with E-state index in [0.717, 1.165) is 32.0 Å². The van der Waals surface area contributed by atoms with Gasteiger partial charge in [-0.3, -0.25) is 4.79 Å². The molecule has 0 aliphatic carbocycles. The number of anilines is 2. The van der Waals surface area contributed by atoms with Gasteiger partial charge in [0.25, 0.3) is 5.91 Å². The molecule has 0 unspecified atom stereocenters. The van der Waals surface area contributed by atoms with Crippen LogP contribution in [-0.2, 0) is 4.74 Å². The highest BCUT2D eigenvalue weighted by molar-refractivity contribution is 6.04. The van der Waals surface area contributed by atoms with Crippen LogP contribution in [0.2, 0.25) is 0 Å². The van der Waals surface area contributed by atoms with E-state index in [0.29, 0.717) is 11.3 Å². The lowest BCUT2D eigenvalue weighted by atomic mass is 10.1. The summed E-state index contributed by atoms with van der Waals surface area (Å²) in [6.45, 7) is 3.18. The number of ether oxygens (including phenoxy) is 1. The first-order chi connectivity index (χ1) is 10.7. The van der Waals surface area contributed by atoms with Crippen LogP contribution in [0, 0.1) is 5.82 Å². The summed E-state index contributed by atoms with van der Waals surface area (Å²) < 4.78 is 18.2. The lowest BCUT2D eigenvalue weighted by Crippen LogP contribution is -2.36. The van der Waals surface area contributed by atoms with Gasteiger partial charge in [0.05, 0.1) is 13.2 Å². The standard InChI is InChI=1S/C17H17FN2O2/c18-14-3-5-15(6-4-14)19-17(21)13-1-7-16(8-2-13)20-9-11-22-12-10-20/h1-8H,9-12H2,(H,19,21). The third kappa shape index (κ3) is 3.43. The number of morpholine rings is 1. The Morgan fingerprint density at radius 2 is 1.64 bits per heavy atom. The van der Waals surface area contributed by atoms with Crippen LogP contribution in [-0.4, -0.2) is 32.2 Å². The monoisotopic (exact) mass is 300 g/mol. The number of rotatable bonds is 3. The van der Waals surface area contributed by atoms with Gasteiger partial charge in [-0.1, -0.05) is 0 Å². The van der Waals surface area contributed by atoms with E-state index < -0.39 is 0 Å². The molecule has 0 spiro atoms. The summed E-state index contributed by atoms with van der Waals surface area (Å²) in [6.07, 6.45) is 0. The predicted molar refractivity (Wildman–Crippen MR) is 83.8 cm³/mol. The van der Waals surface area contributed by atoms with Crippen LogP contribution in [0.25, 0.3) is 0 Å². The van der Waals surface area contributed by atoms with Crippen molar-refractivity contribution in [2.24, 2.45) is 0 Å². The Morgan fingerprint density at radius 3 is 2.27 bits per heavy atom. The minimum atomic E-state index is -0.326. The molecule has 2 aromatic rings. The van der Waals surface area contributed by atoms with E-state index in [1.165, 1.54) is 24.3 Å². The zero-order valence-corrected chi connectivity index (χ0v) is 12.1. The van der Waals surface area contributed by atoms with Crippen molar-refractivity contribution < 1.29 is 13.9 Å². The van der Waals surface area contributed by atoms with Crippen molar-refractivity contribution in [3.63, 3.8) is 0 Å². The molecular formula is C17H17FN2O2. The van der Waals surface area contributed by atoms with Gasteiger partial charge in [-0.2, -0.15) is 0 Å². The largest absolute Gasteiger partial charge is 0.378 e. The van der Waals surface area contributed by atoms with Crippen LogP contribution in [0.3, 0.4) is 0 Å². The minimum absolute atomic E-state index is 0.208. The van der Waals surface area contributed by atoms with Gasteiger partial charge in [0.15, 0.2) is 0 Å². The fraction of sp³-hybridized carbons (Fsp3) is 0.235. The second-order valence-corrected chi connectivity index (χ2v) is 5.11. The van der Waals surface area contributed by atoms with Crippen molar-refractivity contribution in [3.8, 4) is 0 Å². The number of halogens is 1. The van der Waals surface area contributed by atoms with Crippen molar-refractivity contribution in [2.75, 3.05) is 36.5 Å². The summed E-state index contributed by atoms with van der Waals surface area (Å²) in [5.41, 5.74) is 2.23. The first kappa shape index (κ1) is 14.5. The van der Waals surface area contributed by atoms with E-state index in [9.17, 15) is 9.18 Å². The Hall–Kier alpha value is -2.40. The Labute approximate surface area is 128 Å². The van der Waals surface area contributed by atoms with Crippen LogP contribution < -0.4 is 10.2 Å². The second kappa shape index (κ2) is 6.58. The number of nitrogens with one attached hydrogen (secondary N) is 1. The van der Waals surface area contributed by atoms with Crippen LogP contribution in [0.15, 0.2) is 48.5 Å². The first-order valence-electron chi connectivity index (χ1n) is 7.22. The maximum atomic E-state index is 12.8. The Balaban J connectivity index is 1.66. The van der Waals surface area contributed by atoms with E-state index >= 15 is 0 Å². The van der Waals surface area contributed by atoms with Gasteiger partial charge < -0.3 is 15.0 Å². The van der Waals surface area contributed by atoms with Gasteiger partial charge in [-0.25, -0.2) is 4.39 Å². The third-order valence-corrected chi connectivity index (χ3v) is 3.61. The summed E-state index contributed by atoms with van der Waals surface area (Å²) >= 11 is 0. The topological polar surface area (TPSA) is 41.6 Å². The summed E-state index contributed by atoms with van der Waals surface area (Å²) in [5, 5.41) is 2.75. The van der Waals surface area contributed by atoms with Crippen LogP contribution in [0.1, 0.15) is 10.4 Å². The molecule has 4 nitrogen and oxygen atoms in total. The number of hydrogen-bond acceptors (Lipinski definition) is 3. The Kier molecular flexibility index (Phi) is 4.34. The van der Waals surface area contributed by atoms with Crippen molar-refractivity contribution in [2.45, 2.75) is 0 Å². The molecule has 1 aliphatic heterocycles. The SMILES string of the molecule is O=C(Nc1ccc(F)cc1)c1ccc(N2CCOCC2)cc1. The molecule has 0 bridgehead atoms. The number of amides is 1. The number of carbonyl (C=O) groups is 1. The Bertz CT molecular complexity index is 635. The highest BCUT2D eigenvalue weighted by atomic mass is 19.1. The number of benzene rings is 2. The zero-order chi connectivity index (χ0) is 15.4. The molecule has 3 rings (SSSR count). The number of hydrogen-bond donors (Lipinski definition) is 1. The molecule has 0 atom stereocenters. The molecule has 2 aromatic carbocycles. The van der Waals surface area contributed by atoms with Gasteiger partial charge in [-0.05, 0) is 48.5 Å². The molecular weight excluding hydrogens is 283 g/mol. The van der Waals surface area contributed by atoms with E-state index in [2.05, 4.69) is 10.2 Å². The summed E-state index contributed by atoms with van der Waals surface area (Å²) in [5.74, 6) is -0.534. The van der Waals surface area contributed by atoms with Gasteiger partial charge in [0, 0.05) is 30.0 Å². The zero-order valence-electron chi connectivity index (χ0n) is 12.1. The van der Waals surface area contributed by atoms with Crippen LogP contribution in [0.5, 0.6) is 0 Å². The summed E-state index contributed by atoms with van der Waals surface area (Å²) in [6, 6.07) is 13.2. The van der Waals surface area contributed by atoms with Crippen molar-refractivity contribution >= 4 is 17.3 Å². The third-order valence-electron chi connectivity index (χ3n) is 3.61. The average molecular weight is 300 g/mol. The fourth-order valence-corrected chi connectivity index (χ4v) is 2.38. The second-order valence-electron chi connectivity index (χ2n) is 5.11. The lowest BCUT2D eigenvalue weighted by Gasteiger charge is -2.28. The van der Waals surface area contributed by atoms with Crippen molar-refractivity contribution in [1.29, 1.82) is 0 Å². The molecule has 1 saturated heterocycles.